The molecule has 0 unspecified atom stereocenters. The lowest BCUT2D eigenvalue weighted by atomic mass is 10.2. The van der Waals surface area contributed by atoms with Crippen molar-refractivity contribution in [2.45, 2.75) is 19.8 Å². The Morgan fingerprint density at radius 2 is 2.15 bits per heavy atom. The van der Waals surface area contributed by atoms with Crippen LogP contribution in [0.15, 0.2) is 17.0 Å². The minimum atomic E-state index is 0.365. The van der Waals surface area contributed by atoms with Crippen LogP contribution in [-0.2, 0) is 0 Å². The summed E-state index contributed by atoms with van der Waals surface area (Å²) in [6.07, 6.45) is 3.58. The van der Waals surface area contributed by atoms with Crippen LogP contribution in [0.4, 0.5) is 0 Å². The Hall–Kier alpha value is -0.970. The zero-order valence-electron chi connectivity index (χ0n) is 7.40. The van der Waals surface area contributed by atoms with Crippen LogP contribution in [0.1, 0.15) is 25.6 Å². The normalized spacial score (nSPS) is 11.4. The monoisotopic (exact) mass is 240 g/mol. The summed E-state index contributed by atoms with van der Waals surface area (Å²) in [6.45, 7) is 4.18. The SMILES string of the molecule is CC(C)c1nnc2cnc(Br)cn12. The van der Waals surface area contributed by atoms with Crippen LogP contribution in [0.25, 0.3) is 5.65 Å². The molecule has 0 bridgehead atoms. The fraction of sp³-hybridized carbons (Fsp3) is 0.375. The highest BCUT2D eigenvalue weighted by Gasteiger charge is 2.08. The van der Waals surface area contributed by atoms with Crippen LogP contribution < -0.4 is 0 Å². The van der Waals surface area contributed by atoms with Crippen molar-refractivity contribution >= 4 is 21.6 Å². The first-order valence-electron chi connectivity index (χ1n) is 4.04. The van der Waals surface area contributed by atoms with E-state index in [0.717, 1.165) is 16.1 Å². The second-order valence-electron chi connectivity index (χ2n) is 3.15. The molecule has 5 heteroatoms. The van der Waals surface area contributed by atoms with Crippen molar-refractivity contribution in [2.24, 2.45) is 0 Å². The summed E-state index contributed by atoms with van der Waals surface area (Å²) in [5.74, 6) is 1.32. The molecular weight excluding hydrogens is 232 g/mol. The average molecular weight is 241 g/mol. The molecule has 0 radical (unpaired) electrons. The van der Waals surface area contributed by atoms with Gasteiger partial charge < -0.3 is 0 Å². The third-order valence-electron chi connectivity index (χ3n) is 1.80. The zero-order chi connectivity index (χ0) is 9.42. The molecule has 0 spiro atoms. The van der Waals surface area contributed by atoms with Crippen LogP contribution >= 0.6 is 15.9 Å². The van der Waals surface area contributed by atoms with Gasteiger partial charge >= 0.3 is 0 Å². The Kier molecular flexibility index (Phi) is 2.03. The molecule has 0 aromatic carbocycles. The maximum absolute atomic E-state index is 4.09. The number of nitrogens with zero attached hydrogens (tertiary/aromatic N) is 4. The third kappa shape index (κ3) is 1.44. The Morgan fingerprint density at radius 1 is 1.38 bits per heavy atom. The Balaban J connectivity index is 2.71. The van der Waals surface area contributed by atoms with E-state index in [4.69, 9.17) is 0 Å². The lowest BCUT2D eigenvalue weighted by Crippen LogP contribution is -1.97. The van der Waals surface area contributed by atoms with Gasteiger partial charge in [-0.15, -0.1) is 10.2 Å². The van der Waals surface area contributed by atoms with Crippen molar-refractivity contribution in [2.75, 3.05) is 0 Å². The lowest BCUT2D eigenvalue weighted by Gasteiger charge is -2.01. The van der Waals surface area contributed by atoms with Gasteiger partial charge in [-0.2, -0.15) is 0 Å². The summed E-state index contributed by atoms with van der Waals surface area (Å²) in [5, 5.41) is 8.10. The molecule has 0 fully saturated rings. The maximum atomic E-state index is 4.09. The minimum Gasteiger partial charge on any atom is -0.282 e. The zero-order valence-corrected chi connectivity index (χ0v) is 8.98. The summed E-state index contributed by atoms with van der Waals surface area (Å²) in [4.78, 5) is 4.07. The van der Waals surface area contributed by atoms with Crippen molar-refractivity contribution in [3.8, 4) is 0 Å². The largest absolute Gasteiger partial charge is 0.282 e. The van der Waals surface area contributed by atoms with E-state index < -0.39 is 0 Å². The standard InChI is InChI=1S/C8H9BrN4/c1-5(2)8-12-11-7-3-10-6(9)4-13(7)8/h3-5H,1-2H3. The van der Waals surface area contributed by atoms with Gasteiger partial charge in [-0.1, -0.05) is 13.8 Å². The van der Waals surface area contributed by atoms with E-state index in [9.17, 15) is 0 Å². The minimum absolute atomic E-state index is 0.365. The van der Waals surface area contributed by atoms with E-state index in [0.29, 0.717) is 5.92 Å². The first-order chi connectivity index (χ1) is 6.18. The molecule has 0 aliphatic carbocycles. The lowest BCUT2D eigenvalue weighted by molar-refractivity contribution is 0.757. The molecule has 68 valence electrons. The highest BCUT2D eigenvalue weighted by Crippen LogP contribution is 2.14. The molecule has 0 amide bonds. The van der Waals surface area contributed by atoms with Crippen molar-refractivity contribution in [3.05, 3.63) is 22.8 Å². The predicted octanol–water partition coefficient (Wildman–Crippen LogP) is 2.01. The van der Waals surface area contributed by atoms with Crippen molar-refractivity contribution < 1.29 is 0 Å². The average Bonchev–Trinajstić information content (AvgIpc) is 2.46. The molecule has 0 N–H and O–H groups in total. The van der Waals surface area contributed by atoms with E-state index in [-0.39, 0.29) is 0 Å². The van der Waals surface area contributed by atoms with Crippen LogP contribution in [0, 0.1) is 0 Å². The number of aromatic nitrogens is 4. The fourth-order valence-electron chi connectivity index (χ4n) is 1.19. The van der Waals surface area contributed by atoms with Gasteiger partial charge in [-0.25, -0.2) is 4.98 Å². The molecular formula is C8H9BrN4. The molecule has 0 aliphatic heterocycles. The molecule has 0 aliphatic rings. The van der Waals surface area contributed by atoms with Gasteiger partial charge in [0, 0.05) is 12.1 Å². The number of fused-ring (bicyclic) bond motifs is 1. The second kappa shape index (κ2) is 3.06. The quantitative estimate of drug-likeness (QED) is 0.766. The van der Waals surface area contributed by atoms with E-state index >= 15 is 0 Å². The van der Waals surface area contributed by atoms with E-state index in [1.54, 1.807) is 6.20 Å². The summed E-state index contributed by atoms with van der Waals surface area (Å²) in [6, 6.07) is 0. The van der Waals surface area contributed by atoms with Gasteiger partial charge in [0.1, 0.15) is 10.4 Å². The summed E-state index contributed by atoms with van der Waals surface area (Å²) in [7, 11) is 0. The van der Waals surface area contributed by atoms with Crippen molar-refractivity contribution in [1.82, 2.24) is 19.6 Å². The molecule has 2 aromatic rings. The molecule has 0 saturated carbocycles. The van der Waals surface area contributed by atoms with Gasteiger partial charge in [0.2, 0.25) is 0 Å². The van der Waals surface area contributed by atoms with E-state index in [1.165, 1.54) is 0 Å². The van der Waals surface area contributed by atoms with Crippen LogP contribution in [0.2, 0.25) is 0 Å². The number of hydrogen-bond donors (Lipinski definition) is 0. The molecule has 0 saturated heterocycles. The van der Waals surface area contributed by atoms with Gasteiger partial charge in [-0.3, -0.25) is 4.40 Å². The van der Waals surface area contributed by atoms with Gasteiger partial charge in [0.15, 0.2) is 5.65 Å². The predicted molar refractivity (Wildman–Crippen MR) is 52.6 cm³/mol. The summed E-state index contributed by atoms with van der Waals surface area (Å²) < 4.78 is 2.74. The first-order valence-corrected chi connectivity index (χ1v) is 4.84. The summed E-state index contributed by atoms with van der Waals surface area (Å²) in [5.41, 5.74) is 0.784. The van der Waals surface area contributed by atoms with E-state index in [1.807, 2.05) is 10.6 Å². The summed E-state index contributed by atoms with van der Waals surface area (Å²) >= 11 is 3.31. The molecule has 13 heavy (non-hydrogen) atoms. The smallest absolute Gasteiger partial charge is 0.179 e. The van der Waals surface area contributed by atoms with E-state index in [2.05, 4.69) is 45.0 Å². The Labute approximate surface area is 84.1 Å². The Bertz CT molecular complexity index is 435. The fourth-order valence-corrected chi connectivity index (χ4v) is 1.50. The van der Waals surface area contributed by atoms with Crippen LogP contribution in [-0.4, -0.2) is 19.6 Å². The first kappa shape index (κ1) is 8.62. The van der Waals surface area contributed by atoms with Crippen molar-refractivity contribution in [1.29, 1.82) is 0 Å². The number of halogens is 1. The van der Waals surface area contributed by atoms with Crippen molar-refractivity contribution in [3.63, 3.8) is 0 Å². The van der Waals surface area contributed by atoms with Crippen LogP contribution in [0.3, 0.4) is 0 Å². The molecule has 2 rings (SSSR count). The van der Waals surface area contributed by atoms with Gasteiger partial charge in [-0.05, 0) is 15.9 Å². The highest BCUT2D eigenvalue weighted by molar-refractivity contribution is 9.10. The second-order valence-corrected chi connectivity index (χ2v) is 3.96. The number of hydrogen-bond acceptors (Lipinski definition) is 3. The molecule has 2 heterocycles. The molecule has 0 atom stereocenters. The topological polar surface area (TPSA) is 43.1 Å². The van der Waals surface area contributed by atoms with Crippen LogP contribution in [0.5, 0.6) is 0 Å². The third-order valence-corrected chi connectivity index (χ3v) is 2.21. The van der Waals surface area contributed by atoms with Gasteiger partial charge in [0.25, 0.3) is 0 Å². The molecule has 4 nitrogen and oxygen atoms in total. The van der Waals surface area contributed by atoms with Gasteiger partial charge in [0.05, 0.1) is 6.20 Å². The highest BCUT2D eigenvalue weighted by atomic mass is 79.9. The number of rotatable bonds is 1. The Morgan fingerprint density at radius 3 is 2.85 bits per heavy atom. The maximum Gasteiger partial charge on any atom is 0.179 e. The molecule has 2 aromatic heterocycles.